The van der Waals surface area contributed by atoms with Crippen LogP contribution < -0.4 is 0 Å². The first-order valence-electron chi connectivity index (χ1n) is 10.1. The van der Waals surface area contributed by atoms with Crippen molar-refractivity contribution in [3.8, 4) is 48.8 Å². The van der Waals surface area contributed by atoms with Crippen LogP contribution in [0.15, 0.2) is 71.4 Å². The summed E-state index contributed by atoms with van der Waals surface area (Å²) in [5.74, 6) is 0. The Kier molecular flexibility index (Phi) is 5.53. The lowest BCUT2D eigenvalue weighted by molar-refractivity contribution is 1.53. The van der Waals surface area contributed by atoms with Gasteiger partial charge in [0.2, 0.25) is 0 Å². The van der Waals surface area contributed by atoms with Crippen molar-refractivity contribution in [2.75, 3.05) is 0 Å². The van der Waals surface area contributed by atoms with Crippen LogP contribution in [0, 0.1) is 13.8 Å². The van der Waals surface area contributed by atoms with Gasteiger partial charge in [-0.1, -0.05) is 12.1 Å². The van der Waals surface area contributed by atoms with Crippen molar-refractivity contribution in [3.05, 3.63) is 82.6 Å². The Morgan fingerprint density at radius 1 is 0.438 bits per heavy atom. The van der Waals surface area contributed by atoms with Crippen molar-refractivity contribution in [1.82, 2.24) is 0 Å². The molecule has 0 aromatic carbocycles. The van der Waals surface area contributed by atoms with E-state index in [4.69, 9.17) is 0 Å². The Morgan fingerprint density at radius 2 is 0.906 bits per heavy atom. The fourth-order valence-electron chi connectivity index (χ4n) is 3.72. The molecule has 6 aromatic rings. The fourth-order valence-corrected chi connectivity index (χ4v) is 10.2. The monoisotopic (exact) mass is 522 g/mol. The van der Waals surface area contributed by atoms with Crippen molar-refractivity contribution < 1.29 is 0 Å². The van der Waals surface area contributed by atoms with E-state index in [1.54, 1.807) is 0 Å². The highest BCUT2D eigenvalue weighted by atomic mass is 32.1. The number of hydrogen-bond donors (Lipinski definition) is 0. The zero-order chi connectivity index (χ0) is 21.7. The van der Waals surface area contributed by atoms with Crippen LogP contribution in [0.1, 0.15) is 11.1 Å². The lowest BCUT2D eigenvalue weighted by Crippen LogP contribution is -1.68. The van der Waals surface area contributed by atoms with E-state index in [1.165, 1.54) is 59.9 Å². The highest BCUT2D eigenvalue weighted by Gasteiger charge is 2.17. The fraction of sp³-hybridized carbons (Fsp3) is 0.0769. The van der Waals surface area contributed by atoms with Crippen LogP contribution in [0.4, 0.5) is 0 Å². The van der Waals surface area contributed by atoms with Gasteiger partial charge in [-0.25, -0.2) is 0 Å². The zero-order valence-electron chi connectivity index (χ0n) is 17.4. The maximum Gasteiger partial charge on any atom is 0.0479 e. The van der Waals surface area contributed by atoms with E-state index in [0.717, 1.165) is 0 Å². The first kappa shape index (κ1) is 20.8. The molecule has 0 radical (unpaired) electrons. The number of rotatable bonds is 5. The SMILES string of the molecule is Cc1cc(-c2ccc(-c3cccs3)s2)sc1-c1cc(C)c(-c2ccc(-c3cccs3)s2)s1. The average Bonchev–Trinajstić information content (AvgIpc) is 3.61. The summed E-state index contributed by atoms with van der Waals surface area (Å²) in [6.07, 6.45) is 0. The number of aryl methyl sites for hydroxylation is 2. The van der Waals surface area contributed by atoms with E-state index in [0.29, 0.717) is 0 Å². The summed E-state index contributed by atoms with van der Waals surface area (Å²) in [4.78, 5) is 13.7. The quantitative estimate of drug-likeness (QED) is 0.211. The Bertz CT molecular complexity index is 1480. The minimum absolute atomic E-state index is 1.35. The summed E-state index contributed by atoms with van der Waals surface area (Å²) >= 11 is 11.3. The van der Waals surface area contributed by atoms with Crippen LogP contribution in [0.25, 0.3) is 48.8 Å². The van der Waals surface area contributed by atoms with Gasteiger partial charge in [-0.2, -0.15) is 0 Å². The van der Waals surface area contributed by atoms with Crippen LogP contribution in [-0.2, 0) is 0 Å². The van der Waals surface area contributed by atoms with Crippen molar-refractivity contribution in [2.24, 2.45) is 0 Å². The molecule has 158 valence electrons. The molecule has 0 aliphatic heterocycles. The molecule has 0 unspecified atom stereocenters. The molecule has 0 bridgehead atoms. The summed E-state index contributed by atoms with van der Waals surface area (Å²) in [6.45, 7) is 4.49. The van der Waals surface area contributed by atoms with Gasteiger partial charge in [-0.15, -0.1) is 68.0 Å². The molecule has 0 amide bonds. The van der Waals surface area contributed by atoms with Crippen molar-refractivity contribution in [3.63, 3.8) is 0 Å². The molecule has 0 atom stereocenters. The van der Waals surface area contributed by atoms with Gasteiger partial charge in [-0.05, 0) is 84.3 Å². The summed E-state index contributed by atoms with van der Waals surface area (Å²) in [6, 6.07) is 22.5. The molecule has 6 heteroatoms. The molecule has 0 saturated carbocycles. The molecule has 6 aromatic heterocycles. The predicted octanol–water partition coefficient (Wildman–Crippen LogP) is 11.0. The molecule has 0 saturated heterocycles. The third-order valence-corrected chi connectivity index (χ3v) is 12.6. The van der Waals surface area contributed by atoms with E-state index in [-0.39, 0.29) is 0 Å². The summed E-state index contributed by atoms with van der Waals surface area (Å²) in [5.41, 5.74) is 2.74. The van der Waals surface area contributed by atoms with Crippen LogP contribution in [0.2, 0.25) is 0 Å². The minimum atomic E-state index is 1.35. The van der Waals surface area contributed by atoms with Gasteiger partial charge < -0.3 is 0 Å². The maximum atomic E-state index is 2.37. The second kappa shape index (κ2) is 8.52. The molecule has 0 fully saturated rings. The van der Waals surface area contributed by atoms with Gasteiger partial charge in [-0.3, -0.25) is 0 Å². The molecule has 0 aliphatic carbocycles. The largest absolute Gasteiger partial charge is 0.143 e. The standard InChI is InChI=1S/C26H18S6/c1-15-13-23(21-8-7-19(29-21)17-5-3-11-27-17)31-26(15)24-14-16(2)25(32-24)22-10-9-20(30-22)18-6-4-12-28-18/h3-14H,1-2H3. The van der Waals surface area contributed by atoms with E-state index in [1.807, 2.05) is 68.0 Å². The Balaban J connectivity index is 1.33. The van der Waals surface area contributed by atoms with Crippen LogP contribution in [0.3, 0.4) is 0 Å². The number of hydrogen-bond acceptors (Lipinski definition) is 6. The number of thiophene rings is 6. The first-order valence-corrected chi connectivity index (χ1v) is 15.2. The topological polar surface area (TPSA) is 0 Å². The van der Waals surface area contributed by atoms with Gasteiger partial charge >= 0.3 is 0 Å². The van der Waals surface area contributed by atoms with Crippen LogP contribution in [-0.4, -0.2) is 0 Å². The van der Waals surface area contributed by atoms with Gasteiger partial charge in [0, 0.05) is 48.8 Å². The van der Waals surface area contributed by atoms with Crippen LogP contribution >= 0.6 is 68.0 Å². The smallest absolute Gasteiger partial charge is 0.0479 e. The van der Waals surface area contributed by atoms with Gasteiger partial charge in [0.15, 0.2) is 0 Å². The third-order valence-electron chi connectivity index (χ3n) is 5.27. The lowest BCUT2D eigenvalue weighted by Gasteiger charge is -1.95. The molecule has 0 spiro atoms. The molecule has 0 aliphatic rings. The summed E-state index contributed by atoms with van der Waals surface area (Å²) < 4.78 is 0. The summed E-state index contributed by atoms with van der Waals surface area (Å²) in [7, 11) is 0. The van der Waals surface area contributed by atoms with E-state index < -0.39 is 0 Å². The molecule has 6 heterocycles. The molecule has 0 nitrogen and oxygen atoms in total. The van der Waals surface area contributed by atoms with E-state index in [2.05, 4.69) is 85.3 Å². The molecule has 32 heavy (non-hydrogen) atoms. The predicted molar refractivity (Wildman–Crippen MR) is 150 cm³/mol. The molecule has 6 rings (SSSR count). The molecular formula is C26H18S6. The van der Waals surface area contributed by atoms with Gasteiger partial charge in [0.25, 0.3) is 0 Å². The van der Waals surface area contributed by atoms with Crippen molar-refractivity contribution in [2.45, 2.75) is 13.8 Å². The highest BCUT2D eigenvalue weighted by Crippen LogP contribution is 2.48. The van der Waals surface area contributed by atoms with Crippen molar-refractivity contribution in [1.29, 1.82) is 0 Å². The Hall–Kier alpha value is -1.80. The van der Waals surface area contributed by atoms with Crippen LogP contribution in [0.5, 0.6) is 0 Å². The Labute approximate surface area is 211 Å². The normalized spacial score (nSPS) is 11.4. The second-order valence-corrected chi connectivity index (χ2v) is 13.7. The highest BCUT2D eigenvalue weighted by molar-refractivity contribution is 7.30. The summed E-state index contributed by atoms with van der Waals surface area (Å²) in [5, 5.41) is 4.30. The van der Waals surface area contributed by atoms with Gasteiger partial charge in [0.05, 0.1) is 0 Å². The van der Waals surface area contributed by atoms with E-state index >= 15 is 0 Å². The second-order valence-electron chi connectivity index (χ2n) is 7.53. The minimum Gasteiger partial charge on any atom is -0.143 e. The zero-order valence-corrected chi connectivity index (χ0v) is 22.3. The average molecular weight is 523 g/mol. The third kappa shape index (κ3) is 3.79. The van der Waals surface area contributed by atoms with Gasteiger partial charge in [0.1, 0.15) is 0 Å². The first-order chi connectivity index (χ1) is 15.7. The van der Waals surface area contributed by atoms with Crippen molar-refractivity contribution >= 4 is 68.0 Å². The van der Waals surface area contributed by atoms with E-state index in [9.17, 15) is 0 Å². The lowest BCUT2D eigenvalue weighted by atomic mass is 10.2. The maximum absolute atomic E-state index is 2.37. The Morgan fingerprint density at radius 3 is 1.50 bits per heavy atom. The molecule has 0 N–H and O–H groups in total. The molecular weight excluding hydrogens is 505 g/mol.